The maximum atomic E-state index is 12.7. The van der Waals surface area contributed by atoms with Gasteiger partial charge in [-0.1, -0.05) is 24.3 Å². The van der Waals surface area contributed by atoms with Crippen LogP contribution in [-0.4, -0.2) is 41.1 Å². The quantitative estimate of drug-likeness (QED) is 0.848. The molecular weight excluding hydrogens is 252 g/mol. The predicted molar refractivity (Wildman–Crippen MR) is 77.2 cm³/mol. The minimum atomic E-state index is -0.142. The van der Waals surface area contributed by atoms with Crippen molar-refractivity contribution in [3.8, 4) is 0 Å². The first-order chi connectivity index (χ1) is 9.79. The van der Waals surface area contributed by atoms with Gasteiger partial charge in [0.2, 0.25) is 5.91 Å². The van der Waals surface area contributed by atoms with E-state index in [0.717, 1.165) is 38.8 Å². The summed E-state index contributed by atoms with van der Waals surface area (Å²) < 4.78 is 0. The van der Waals surface area contributed by atoms with E-state index in [0.29, 0.717) is 0 Å². The summed E-state index contributed by atoms with van der Waals surface area (Å²) in [5, 5.41) is 12.8. The highest BCUT2D eigenvalue weighted by Gasteiger charge is 2.32. The first kappa shape index (κ1) is 13.6. The van der Waals surface area contributed by atoms with Crippen molar-refractivity contribution >= 4 is 5.91 Å². The van der Waals surface area contributed by atoms with E-state index < -0.39 is 0 Å². The molecule has 2 aliphatic rings. The molecular formula is C16H22N2O2. The molecule has 4 nitrogen and oxygen atoms in total. The van der Waals surface area contributed by atoms with Crippen LogP contribution in [0.4, 0.5) is 0 Å². The molecule has 1 fully saturated rings. The third-order valence-electron chi connectivity index (χ3n) is 4.50. The summed E-state index contributed by atoms with van der Waals surface area (Å²) in [6, 6.07) is 8.15. The Hall–Kier alpha value is -1.39. The van der Waals surface area contributed by atoms with Gasteiger partial charge in [0.25, 0.3) is 0 Å². The fourth-order valence-electron chi connectivity index (χ4n) is 3.31. The predicted octanol–water partition coefficient (Wildman–Crippen LogP) is 1.07. The van der Waals surface area contributed by atoms with E-state index >= 15 is 0 Å². The van der Waals surface area contributed by atoms with Crippen LogP contribution < -0.4 is 5.32 Å². The lowest BCUT2D eigenvalue weighted by molar-refractivity contribution is -0.138. The monoisotopic (exact) mass is 274 g/mol. The standard InChI is InChI=1S/C16H22N2O2/c19-11-14-7-3-4-8-18(14)16(20)15-9-12-5-1-2-6-13(12)10-17-15/h1-2,5-6,14-15,17,19H,3-4,7-11H2/t14?,15-/m0/s1. The van der Waals surface area contributed by atoms with E-state index in [2.05, 4.69) is 17.4 Å². The molecule has 0 aliphatic carbocycles. The van der Waals surface area contributed by atoms with E-state index in [-0.39, 0.29) is 24.6 Å². The van der Waals surface area contributed by atoms with Crippen molar-refractivity contribution in [2.75, 3.05) is 13.2 Å². The first-order valence-electron chi connectivity index (χ1n) is 7.51. The molecule has 1 aromatic rings. The molecule has 0 radical (unpaired) electrons. The Bertz CT molecular complexity index is 489. The summed E-state index contributed by atoms with van der Waals surface area (Å²) in [7, 11) is 0. The van der Waals surface area contributed by atoms with E-state index in [1.165, 1.54) is 11.1 Å². The molecule has 0 bridgehead atoms. The SMILES string of the molecule is O=C([C@@H]1Cc2ccccc2CN1)N1CCCCC1CO. The Morgan fingerprint density at radius 2 is 2.10 bits per heavy atom. The van der Waals surface area contributed by atoms with Gasteiger partial charge < -0.3 is 15.3 Å². The molecule has 2 heterocycles. The van der Waals surface area contributed by atoms with Crippen molar-refractivity contribution in [2.24, 2.45) is 0 Å². The van der Waals surface area contributed by atoms with Crippen LogP contribution in [0.5, 0.6) is 0 Å². The van der Waals surface area contributed by atoms with Gasteiger partial charge in [-0.2, -0.15) is 0 Å². The van der Waals surface area contributed by atoms with Crippen LogP contribution in [-0.2, 0) is 17.8 Å². The van der Waals surface area contributed by atoms with Gasteiger partial charge in [0.05, 0.1) is 18.7 Å². The summed E-state index contributed by atoms with van der Waals surface area (Å²) >= 11 is 0. The van der Waals surface area contributed by atoms with Gasteiger partial charge in [0.15, 0.2) is 0 Å². The van der Waals surface area contributed by atoms with Crippen LogP contribution in [0.2, 0.25) is 0 Å². The Kier molecular flexibility index (Phi) is 4.03. The number of aliphatic hydroxyl groups excluding tert-OH is 1. The average molecular weight is 274 g/mol. The average Bonchev–Trinajstić information content (AvgIpc) is 2.53. The van der Waals surface area contributed by atoms with Gasteiger partial charge in [0, 0.05) is 13.1 Å². The maximum Gasteiger partial charge on any atom is 0.240 e. The minimum Gasteiger partial charge on any atom is -0.394 e. The van der Waals surface area contributed by atoms with Gasteiger partial charge in [-0.05, 0) is 36.8 Å². The molecule has 2 aliphatic heterocycles. The fourth-order valence-corrected chi connectivity index (χ4v) is 3.31. The third kappa shape index (κ3) is 2.58. The molecule has 1 aromatic carbocycles. The number of benzene rings is 1. The summed E-state index contributed by atoms with van der Waals surface area (Å²) in [6.45, 7) is 1.61. The smallest absolute Gasteiger partial charge is 0.240 e. The minimum absolute atomic E-state index is 0.00946. The zero-order valence-electron chi connectivity index (χ0n) is 11.7. The molecule has 20 heavy (non-hydrogen) atoms. The molecule has 2 atom stereocenters. The number of nitrogens with zero attached hydrogens (tertiary/aromatic N) is 1. The molecule has 0 spiro atoms. The van der Waals surface area contributed by atoms with Crippen LogP contribution in [0.1, 0.15) is 30.4 Å². The number of carbonyl (C=O) groups excluding carboxylic acids is 1. The number of rotatable bonds is 2. The molecule has 0 aromatic heterocycles. The fraction of sp³-hybridized carbons (Fsp3) is 0.562. The highest BCUT2D eigenvalue weighted by atomic mass is 16.3. The van der Waals surface area contributed by atoms with E-state index in [1.54, 1.807) is 0 Å². The van der Waals surface area contributed by atoms with Crippen LogP contribution in [0.25, 0.3) is 0 Å². The Labute approximate surface area is 119 Å². The van der Waals surface area contributed by atoms with E-state index in [9.17, 15) is 9.90 Å². The summed E-state index contributed by atoms with van der Waals surface area (Å²) in [5.41, 5.74) is 2.55. The molecule has 0 saturated carbocycles. The third-order valence-corrected chi connectivity index (χ3v) is 4.50. The maximum absolute atomic E-state index is 12.7. The molecule has 1 saturated heterocycles. The Morgan fingerprint density at radius 1 is 1.30 bits per heavy atom. The molecule has 1 unspecified atom stereocenters. The summed E-state index contributed by atoms with van der Waals surface area (Å²) in [6.07, 6.45) is 3.83. The summed E-state index contributed by atoms with van der Waals surface area (Å²) in [5.74, 6) is 0.151. The zero-order valence-corrected chi connectivity index (χ0v) is 11.7. The largest absolute Gasteiger partial charge is 0.394 e. The van der Waals surface area contributed by atoms with E-state index in [1.807, 2.05) is 17.0 Å². The van der Waals surface area contributed by atoms with Crippen LogP contribution in [0.15, 0.2) is 24.3 Å². The van der Waals surface area contributed by atoms with Crippen molar-refractivity contribution in [1.82, 2.24) is 10.2 Å². The van der Waals surface area contributed by atoms with Crippen LogP contribution in [0, 0.1) is 0 Å². The number of carbonyl (C=O) groups is 1. The number of fused-ring (bicyclic) bond motifs is 1. The molecule has 1 amide bonds. The topological polar surface area (TPSA) is 52.6 Å². The van der Waals surface area contributed by atoms with Gasteiger partial charge in [-0.15, -0.1) is 0 Å². The molecule has 3 rings (SSSR count). The molecule has 108 valence electrons. The van der Waals surface area contributed by atoms with Gasteiger partial charge in [-0.3, -0.25) is 4.79 Å². The number of hydrogen-bond donors (Lipinski definition) is 2. The number of nitrogens with one attached hydrogen (secondary N) is 1. The number of amides is 1. The second-order valence-electron chi connectivity index (χ2n) is 5.77. The van der Waals surface area contributed by atoms with E-state index in [4.69, 9.17) is 0 Å². The lowest BCUT2D eigenvalue weighted by Crippen LogP contribution is -2.54. The zero-order chi connectivity index (χ0) is 13.9. The van der Waals surface area contributed by atoms with Crippen LogP contribution >= 0.6 is 0 Å². The van der Waals surface area contributed by atoms with Crippen molar-refractivity contribution < 1.29 is 9.90 Å². The van der Waals surface area contributed by atoms with Crippen LogP contribution in [0.3, 0.4) is 0 Å². The Morgan fingerprint density at radius 3 is 2.90 bits per heavy atom. The van der Waals surface area contributed by atoms with Gasteiger partial charge >= 0.3 is 0 Å². The van der Waals surface area contributed by atoms with Crippen molar-refractivity contribution in [1.29, 1.82) is 0 Å². The molecule has 2 N–H and O–H groups in total. The number of aliphatic hydroxyl groups is 1. The Balaban J connectivity index is 1.72. The van der Waals surface area contributed by atoms with Gasteiger partial charge in [0.1, 0.15) is 0 Å². The summed E-state index contributed by atoms with van der Waals surface area (Å²) in [4.78, 5) is 14.6. The van der Waals surface area contributed by atoms with Crippen molar-refractivity contribution in [2.45, 2.75) is 44.3 Å². The second-order valence-corrected chi connectivity index (χ2v) is 5.77. The van der Waals surface area contributed by atoms with Crippen molar-refractivity contribution in [3.05, 3.63) is 35.4 Å². The van der Waals surface area contributed by atoms with Crippen molar-refractivity contribution in [3.63, 3.8) is 0 Å². The first-order valence-corrected chi connectivity index (χ1v) is 7.51. The normalized spacial score (nSPS) is 26.1. The number of piperidine rings is 1. The highest BCUT2D eigenvalue weighted by Crippen LogP contribution is 2.21. The second kappa shape index (κ2) is 5.94. The lowest BCUT2D eigenvalue weighted by atomic mass is 9.93. The number of likely N-dealkylation sites (tertiary alicyclic amines) is 1. The highest BCUT2D eigenvalue weighted by molar-refractivity contribution is 5.83. The lowest BCUT2D eigenvalue weighted by Gasteiger charge is -2.38. The number of hydrogen-bond acceptors (Lipinski definition) is 3. The van der Waals surface area contributed by atoms with Gasteiger partial charge in [-0.25, -0.2) is 0 Å². The molecule has 4 heteroatoms.